The quantitative estimate of drug-likeness (QED) is 0.763. The van der Waals surface area contributed by atoms with E-state index in [1.807, 2.05) is 26.0 Å². The Balaban J connectivity index is 2.92. The van der Waals surface area contributed by atoms with Gasteiger partial charge in [-0.15, -0.1) is 0 Å². The van der Waals surface area contributed by atoms with Gasteiger partial charge in [-0.2, -0.15) is 0 Å². The molecule has 1 nitrogen and oxygen atoms in total. The van der Waals surface area contributed by atoms with Crippen LogP contribution < -0.4 is 4.74 Å². The van der Waals surface area contributed by atoms with Gasteiger partial charge in [0.2, 0.25) is 0 Å². The lowest BCUT2D eigenvalue weighted by molar-refractivity contribution is 0.240. The van der Waals surface area contributed by atoms with Gasteiger partial charge < -0.3 is 4.74 Å². The fraction of sp³-hybridized carbons (Fsp3) is 0.400. The van der Waals surface area contributed by atoms with Gasteiger partial charge in [0.1, 0.15) is 5.75 Å². The van der Waals surface area contributed by atoms with Crippen LogP contribution in [0.15, 0.2) is 22.7 Å². The Morgan fingerprint density at radius 1 is 1.38 bits per heavy atom. The van der Waals surface area contributed by atoms with E-state index in [0.717, 1.165) is 15.6 Å². The minimum atomic E-state index is 0.221. The first-order chi connectivity index (χ1) is 6.13. The average molecular weight is 308 g/mol. The fourth-order valence-corrected chi connectivity index (χ4v) is 1.87. The predicted octanol–water partition coefficient (Wildman–Crippen LogP) is 4.13. The van der Waals surface area contributed by atoms with Gasteiger partial charge >= 0.3 is 0 Å². The van der Waals surface area contributed by atoms with Crippen LogP contribution in [0.1, 0.15) is 19.4 Å². The van der Waals surface area contributed by atoms with E-state index in [2.05, 4.69) is 37.9 Å². The molecule has 0 N–H and O–H groups in total. The molecule has 0 unspecified atom stereocenters. The zero-order valence-electron chi connectivity index (χ0n) is 7.68. The Hall–Kier alpha value is -0.0200. The maximum absolute atomic E-state index is 5.64. The number of rotatable bonds is 3. The molecule has 0 aliphatic rings. The van der Waals surface area contributed by atoms with E-state index >= 15 is 0 Å². The Kier molecular flexibility index (Phi) is 4.26. The van der Waals surface area contributed by atoms with Gasteiger partial charge in [0.15, 0.2) is 0 Å². The van der Waals surface area contributed by atoms with Gasteiger partial charge in [-0.05, 0) is 32.0 Å². The molecule has 0 fully saturated rings. The summed E-state index contributed by atoms with van der Waals surface area (Å²) in [6, 6.07) is 6.04. The maximum Gasteiger partial charge on any atom is 0.123 e. The smallest absolute Gasteiger partial charge is 0.123 e. The van der Waals surface area contributed by atoms with Crippen molar-refractivity contribution < 1.29 is 4.74 Å². The van der Waals surface area contributed by atoms with Crippen molar-refractivity contribution in [1.29, 1.82) is 0 Å². The topological polar surface area (TPSA) is 9.23 Å². The third kappa shape index (κ3) is 3.31. The van der Waals surface area contributed by atoms with Gasteiger partial charge in [0.05, 0.1) is 6.10 Å². The maximum atomic E-state index is 5.64. The van der Waals surface area contributed by atoms with Gasteiger partial charge in [-0.25, -0.2) is 0 Å². The van der Waals surface area contributed by atoms with E-state index in [-0.39, 0.29) is 6.10 Å². The highest BCUT2D eigenvalue weighted by atomic mass is 79.9. The molecule has 0 radical (unpaired) electrons. The van der Waals surface area contributed by atoms with Crippen molar-refractivity contribution in [2.75, 3.05) is 0 Å². The van der Waals surface area contributed by atoms with Crippen LogP contribution in [0.4, 0.5) is 0 Å². The van der Waals surface area contributed by atoms with Crippen molar-refractivity contribution in [2.24, 2.45) is 0 Å². The van der Waals surface area contributed by atoms with E-state index in [1.54, 1.807) is 0 Å². The molecule has 1 rings (SSSR count). The minimum Gasteiger partial charge on any atom is -0.491 e. The monoisotopic (exact) mass is 306 g/mol. The summed E-state index contributed by atoms with van der Waals surface area (Å²) in [4.78, 5) is 0. The highest BCUT2D eigenvalue weighted by Crippen LogP contribution is 2.25. The van der Waals surface area contributed by atoms with Crippen molar-refractivity contribution in [3.8, 4) is 5.75 Å². The molecule has 0 saturated heterocycles. The highest BCUT2D eigenvalue weighted by molar-refractivity contribution is 9.10. The Morgan fingerprint density at radius 3 is 2.62 bits per heavy atom. The summed E-state index contributed by atoms with van der Waals surface area (Å²) in [5.74, 6) is 0.954. The van der Waals surface area contributed by atoms with Crippen LogP contribution >= 0.6 is 31.9 Å². The summed E-state index contributed by atoms with van der Waals surface area (Å²) in [6.07, 6.45) is 0.221. The molecule has 0 atom stereocenters. The standard InChI is InChI=1S/C10H12Br2O/c1-7(2)13-10-4-3-9(12)5-8(10)6-11/h3-5,7H,6H2,1-2H3. The third-order valence-electron chi connectivity index (χ3n) is 1.53. The van der Waals surface area contributed by atoms with Gasteiger partial charge in [-0.3, -0.25) is 0 Å². The van der Waals surface area contributed by atoms with E-state index in [9.17, 15) is 0 Å². The Morgan fingerprint density at radius 2 is 2.08 bits per heavy atom. The van der Waals surface area contributed by atoms with Crippen molar-refractivity contribution in [2.45, 2.75) is 25.3 Å². The molecule has 0 amide bonds. The second-order valence-corrected chi connectivity index (χ2v) is 4.53. The van der Waals surface area contributed by atoms with Crippen LogP contribution in [0.3, 0.4) is 0 Å². The normalized spacial score (nSPS) is 10.5. The lowest BCUT2D eigenvalue weighted by Gasteiger charge is -2.13. The molecular weight excluding hydrogens is 296 g/mol. The van der Waals surface area contributed by atoms with Crippen LogP contribution in [-0.2, 0) is 5.33 Å². The van der Waals surface area contributed by atoms with Crippen molar-refractivity contribution >= 4 is 31.9 Å². The first-order valence-corrected chi connectivity index (χ1v) is 6.06. The molecule has 0 bridgehead atoms. The van der Waals surface area contributed by atoms with Crippen LogP contribution in [0.5, 0.6) is 5.75 Å². The van der Waals surface area contributed by atoms with Gasteiger partial charge in [0.25, 0.3) is 0 Å². The number of benzene rings is 1. The molecule has 72 valence electrons. The zero-order valence-corrected chi connectivity index (χ0v) is 10.9. The van der Waals surface area contributed by atoms with Crippen molar-refractivity contribution in [3.05, 3.63) is 28.2 Å². The van der Waals surface area contributed by atoms with Gasteiger partial charge in [-0.1, -0.05) is 31.9 Å². The lowest BCUT2D eigenvalue weighted by Crippen LogP contribution is -2.06. The highest BCUT2D eigenvalue weighted by Gasteiger charge is 2.04. The number of ether oxygens (including phenoxy) is 1. The molecule has 13 heavy (non-hydrogen) atoms. The molecule has 0 aromatic heterocycles. The molecule has 0 spiro atoms. The fourth-order valence-electron chi connectivity index (χ4n) is 1.02. The summed E-state index contributed by atoms with van der Waals surface area (Å²) in [5, 5.41) is 0.814. The summed E-state index contributed by atoms with van der Waals surface area (Å²) in [5.41, 5.74) is 1.17. The molecule has 0 aliphatic carbocycles. The second-order valence-electron chi connectivity index (χ2n) is 3.05. The summed E-state index contributed by atoms with van der Waals surface area (Å²) in [6.45, 7) is 4.06. The second kappa shape index (κ2) is 5.01. The summed E-state index contributed by atoms with van der Waals surface area (Å²) >= 11 is 6.86. The molecule has 0 aliphatic heterocycles. The predicted molar refractivity (Wildman–Crippen MR) is 62.5 cm³/mol. The van der Waals surface area contributed by atoms with E-state index in [0.29, 0.717) is 0 Å². The Labute approximate surface area is 95.7 Å². The number of halogens is 2. The zero-order chi connectivity index (χ0) is 9.84. The first kappa shape index (κ1) is 11.1. The molecule has 1 aromatic rings. The van der Waals surface area contributed by atoms with Crippen LogP contribution in [0, 0.1) is 0 Å². The molecule has 0 saturated carbocycles. The van der Waals surface area contributed by atoms with Crippen molar-refractivity contribution in [1.82, 2.24) is 0 Å². The lowest BCUT2D eigenvalue weighted by atomic mass is 10.2. The van der Waals surface area contributed by atoms with Gasteiger partial charge in [0, 0.05) is 15.4 Å². The summed E-state index contributed by atoms with van der Waals surface area (Å²) in [7, 11) is 0. The minimum absolute atomic E-state index is 0.221. The van der Waals surface area contributed by atoms with Crippen molar-refractivity contribution in [3.63, 3.8) is 0 Å². The number of hydrogen-bond donors (Lipinski definition) is 0. The largest absolute Gasteiger partial charge is 0.491 e. The molecule has 0 heterocycles. The number of alkyl halides is 1. The molecule has 3 heteroatoms. The van der Waals surface area contributed by atoms with Crippen LogP contribution in [0.2, 0.25) is 0 Å². The third-order valence-corrected chi connectivity index (χ3v) is 2.63. The number of hydrogen-bond acceptors (Lipinski definition) is 1. The summed E-state index contributed by atoms with van der Waals surface area (Å²) < 4.78 is 6.72. The van der Waals surface area contributed by atoms with E-state index in [1.165, 1.54) is 5.56 Å². The Bertz CT molecular complexity index is 284. The van der Waals surface area contributed by atoms with E-state index < -0.39 is 0 Å². The first-order valence-electron chi connectivity index (χ1n) is 4.14. The van der Waals surface area contributed by atoms with Crippen LogP contribution in [0.25, 0.3) is 0 Å². The molecule has 1 aromatic carbocycles. The van der Waals surface area contributed by atoms with E-state index in [4.69, 9.17) is 4.74 Å². The SMILES string of the molecule is CC(C)Oc1ccc(Br)cc1CBr. The molecular formula is C10H12Br2O. The average Bonchev–Trinajstić information content (AvgIpc) is 2.07. The van der Waals surface area contributed by atoms with Crippen LogP contribution in [-0.4, -0.2) is 6.10 Å².